The van der Waals surface area contributed by atoms with Gasteiger partial charge in [0.2, 0.25) is 17.8 Å². The Morgan fingerprint density at radius 2 is 1.06 bits per heavy atom. The van der Waals surface area contributed by atoms with Crippen LogP contribution in [0.25, 0.3) is 20.9 Å². The number of carbonyl (C=O) groups excluding carboxylic acids is 1. The number of nitrogens with two attached hydrogens (primary N) is 1. The van der Waals surface area contributed by atoms with E-state index in [0.29, 0.717) is 50.1 Å². The topological polar surface area (TPSA) is 188 Å². The van der Waals surface area contributed by atoms with Crippen LogP contribution in [0.15, 0.2) is 85.5 Å². The van der Waals surface area contributed by atoms with Crippen molar-refractivity contribution >= 4 is 68.1 Å². The molecule has 0 saturated carbocycles. The summed E-state index contributed by atoms with van der Waals surface area (Å²) in [4.78, 5) is 52.2. The number of nitrogens with one attached hydrogen (secondary N) is 2. The molecule has 8 rings (SSSR count). The minimum atomic E-state index is -4.54. The van der Waals surface area contributed by atoms with Crippen molar-refractivity contribution in [3.05, 3.63) is 96.8 Å². The molecule has 0 radical (unpaired) electrons. The summed E-state index contributed by atoms with van der Waals surface area (Å²) in [6, 6.07) is 16.0. The van der Waals surface area contributed by atoms with Crippen LogP contribution < -0.4 is 26.2 Å². The van der Waals surface area contributed by atoms with E-state index in [0.717, 1.165) is 68.8 Å². The third-order valence-electron chi connectivity index (χ3n) is 9.97. The molecule has 14 nitrogen and oxygen atoms in total. The number of piperidine rings is 2. The number of aromatic nitrogens is 6. The fourth-order valence-corrected chi connectivity index (χ4v) is 8.60. The highest BCUT2D eigenvalue weighted by Gasteiger charge is 2.34. The molecular weight excluding hydrogens is 861 g/mol. The van der Waals surface area contributed by atoms with Gasteiger partial charge >= 0.3 is 18.3 Å². The highest BCUT2D eigenvalue weighted by molar-refractivity contribution is 7.19. The summed E-state index contributed by atoms with van der Waals surface area (Å²) in [5.41, 5.74) is 6.20. The van der Waals surface area contributed by atoms with Crippen LogP contribution in [-0.2, 0) is 21.9 Å². The zero-order valence-electron chi connectivity index (χ0n) is 32.4. The molecule has 62 heavy (non-hydrogen) atoms. The second kappa shape index (κ2) is 18.7. The summed E-state index contributed by atoms with van der Waals surface area (Å²) in [7, 11) is 0. The number of hydrogen-bond donors (Lipinski definition) is 4. The number of halogens is 6. The Morgan fingerprint density at radius 3 is 1.45 bits per heavy atom. The fraction of sp³-hybridized carbons (Fsp3) is 0.300. The summed E-state index contributed by atoms with van der Waals surface area (Å²) in [6.45, 7) is 2.71. The van der Waals surface area contributed by atoms with E-state index in [-0.39, 0.29) is 29.6 Å². The number of hydrogen-bond acceptors (Lipinski definition) is 14. The van der Waals surface area contributed by atoms with Gasteiger partial charge in [-0.25, -0.2) is 29.9 Å². The highest BCUT2D eigenvalue weighted by Crippen LogP contribution is 2.37. The lowest BCUT2D eigenvalue weighted by molar-refractivity contribution is -0.142. The van der Waals surface area contributed by atoms with Crippen molar-refractivity contribution in [1.29, 1.82) is 0 Å². The van der Waals surface area contributed by atoms with Gasteiger partial charge in [0.05, 0.1) is 15.7 Å². The van der Waals surface area contributed by atoms with E-state index in [9.17, 15) is 35.9 Å². The van der Waals surface area contributed by atoms with Crippen molar-refractivity contribution in [2.24, 2.45) is 17.6 Å². The molecule has 22 heteroatoms. The van der Waals surface area contributed by atoms with Gasteiger partial charge in [0.25, 0.3) is 0 Å². The maximum Gasteiger partial charge on any atom is 0.433 e. The number of carboxylic acid groups (broad SMARTS) is 1. The van der Waals surface area contributed by atoms with Crippen molar-refractivity contribution in [2.45, 2.75) is 38.0 Å². The van der Waals surface area contributed by atoms with Crippen LogP contribution in [0.4, 0.5) is 59.9 Å². The monoisotopic (exact) mass is 897 g/mol. The quantitative estimate of drug-likeness (QED) is 0.0957. The number of carboxylic acids is 1. The lowest BCUT2D eigenvalue weighted by atomic mass is 9.97. The van der Waals surface area contributed by atoms with E-state index in [2.05, 4.69) is 50.3 Å². The van der Waals surface area contributed by atoms with Crippen LogP contribution in [0.1, 0.15) is 37.1 Å². The molecule has 0 spiro atoms. The summed E-state index contributed by atoms with van der Waals surface area (Å²) >= 11 is 3.00. The minimum Gasteiger partial charge on any atom is -0.481 e. The first-order valence-electron chi connectivity index (χ1n) is 19.1. The van der Waals surface area contributed by atoms with E-state index in [1.807, 2.05) is 12.1 Å². The van der Waals surface area contributed by atoms with Gasteiger partial charge in [-0.15, -0.1) is 0 Å². The fourth-order valence-electron chi connectivity index (χ4n) is 6.67. The van der Waals surface area contributed by atoms with Gasteiger partial charge in [-0.2, -0.15) is 26.3 Å². The normalized spacial score (nSPS) is 15.1. The van der Waals surface area contributed by atoms with Crippen LogP contribution in [0.3, 0.4) is 0 Å². The number of rotatable bonds is 10. The predicted molar refractivity (Wildman–Crippen MR) is 222 cm³/mol. The highest BCUT2D eigenvalue weighted by atomic mass is 32.1. The van der Waals surface area contributed by atoms with Gasteiger partial charge in [-0.05, 0) is 73.2 Å². The average Bonchev–Trinajstić information content (AvgIpc) is 3.96. The summed E-state index contributed by atoms with van der Waals surface area (Å²) in [5, 5.41) is 16.4. The van der Waals surface area contributed by atoms with Gasteiger partial charge in [-0.3, -0.25) is 9.59 Å². The Hall–Kier alpha value is -6.42. The average molecular weight is 898 g/mol. The van der Waals surface area contributed by atoms with Crippen LogP contribution in [0, 0.1) is 11.8 Å². The van der Waals surface area contributed by atoms with Crippen molar-refractivity contribution in [1.82, 2.24) is 29.9 Å². The third-order valence-corrected chi connectivity index (χ3v) is 12.2. The molecular formula is C40H37F6N11O3S2. The Morgan fingerprint density at radius 1 is 0.645 bits per heavy atom. The molecule has 4 aromatic heterocycles. The lowest BCUT2D eigenvalue weighted by Gasteiger charge is -2.30. The number of thiazole rings is 2. The van der Waals surface area contributed by atoms with Crippen molar-refractivity contribution in [3.63, 3.8) is 0 Å². The predicted octanol–water partition coefficient (Wildman–Crippen LogP) is 8.73. The number of nitrogens with zero attached hydrogens (tertiary/aromatic N) is 8. The Kier molecular flexibility index (Phi) is 13.2. The van der Waals surface area contributed by atoms with Gasteiger partial charge in [-0.1, -0.05) is 46.9 Å². The number of anilines is 6. The van der Waals surface area contributed by atoms with Crippen LogP contribution >= 0.6 is 22.7 Å². The molecule has 0 unspecified atom stereocenters. The van der Waals surface area contributed by atoms with E-state index in [4.69, 9.17) is 10.8 Å². The lowest BCUT2D eigenvalue weighted by Crippen LogP contribution is -2.38. The van der Waals surface area contributed by atoms with Crippen molar-refractivity contribution in [2.75, 3.05) is 46.6 Å². The molecule has 2 aliphatic heterocycles. The SMILES string of the molecule is NC(=O)C1CCN(c2ncc(-c3cccc(Nc4nccc(C(F)(F)F)n4)c3)s2)CC1.O=C(O)C1CCN(c2ncc(-c3cccc(Nc4nccc(C(F)(F)F)n4)c3)s2)CC1. The summed E-state index contributed by atoms with van der Waals surface area (Å²) < 4.78 is 77.1. The molecule has 2 aromatic carbocycles. The van der Waals surface area contributed by atoms with Crippen LogP contribution in [0.2, 0.25) is 0 Å². The number of benzene rings is 2. The first-order valence-corrected chi connectivity index (χ1v) is 20.7. The molecule has 1 amide bonds. The first-order chi connectivity index (χ1) is 29.6. The number of primary amides is 1. The minimum absolute atomic E-state index is 0.0866. The maximum absolute atomic E-state index is 12.9. The molecule has 2 fully saturated rings. The first kappa shape index (κ1) is 43.7. The van der Waals surface area contributed by atoms with E-state index in [1.165, 1.54) is 22.7 Å². The second-order valence-corrected chi connectivity index (χ2v) is 16.2. The van der Waals surface area contributed by atoms with Gasteiger partial charge in [0.15, 0.2) is 10.3 Å². The van der Waals surface area contributed by atoms with Gasteiger partial charge in [0, 0.05) is 68.3 Å². The largest absolute Gasteiger partial charge is 0.481 e. The Balaban J connectivity index is 0.000000186. The zero-order valence-corrected chi connectivity index (χ0v) is 34.0. The molecule has 2 aliphatic rings. The Bertz CT molecular complexity index is 2330. The molecule has 6 aromatic rings. The molecule has 0 atom stereocenters. The van der Waals surface area contributed by atoms with Gasteiger partial charge < -0.3 is 31.3 Å². The second-order valence-electron chi connectivity index (χ2n) is 14.2. The number of carbonyl (C=O) groups is 2. The molecule has 2 saturated heterocycles. The summed E-state index contributed by atoms with van der Waals surface area (Å²) in [6.07, 6.45) is -0.860. The maximum atomic E-state index is 12.9. The van der Waals surface area contributed by atoms with E-state index >= 15 is 0 Å². The van der Waals surface area contributed by atoms with Crippen LogP contribution in [-0.4, -0.2) is 73.1 Å². The number of alkyl halides is 6. The van der Waals surface area contributed by atoms with E-state index < -0.39 is 29.7 Å². The van der Waals surface area contributed by atoms with Crippen molar-refractivity contribution < 1.29 is 41.0 Å². The molecule has 5 N–H and O–H groups in total. The summed E-state index contributed by atoms with van der Waals surface area (Å²) in [5.74, 6) is -1.68. The number of aliphatic carboxylic acids is 1. The third kappa shape index (κ3) is 11.1. The molecule has 0 bridgehead atoms. The van der Waals surface area contributed by atoms with Crippen LogP contribution in [0.5, 0.6) is 0 Å². The standard InChI is InChI=1S/C20H19F3N6OS.C20H18F3N5O2S/c21-20(22,23)16-4-7-25-18(28-16)27-14-3-1-2-13(10-14)15-11-26-19(31-15)29-8-5-12(6-9-29)17(24)30;21-20(22,23)16-4-7-24-18(27-16)26-14-3-1-2-13(10-14)15-11-25-19(31-15)28-8-5-12(6-9-28)17(29)30/h1-4,7,10-12H,5-6,8-9H2,(H2,24,30)(H,25,27,28);1-4,7,10-12H,5-6,8-9H2,(H,29,30)(H,24,26,27). The smallest absolute Gasteiger partial charge is 0.433 e. The molecule has 6 heterocycles. The van der Waals surface area contributed by atoms with Gasteiger partial charge in [0.1, 0.15) is 11.4 Å². The van der Waals surface area contributed by atoms with E-state index in [1.54, 1.807) is 48.8 Å². The Labute approximate surface area is 357 Å². The zero-order chi connectivity index (χ0) is 44.0. The molecule has 324 valence electrons. The number of amides is 1. The molecule has 0 aliphatic carbocycles. The van der Waals surface area contributed by atoms with Crippen molar-refractivity contribution in [3.8, 4) is 20.9 Å².